The van der Waals surface area contributed by atoms with Crippen molar-refractivity contribution >= 4 is 33.1 Å². The summed E-state index contributed by atoms with van der Waals surface area (Å²) < 4.78 is 5.98. The molecule has 0 aliphatic rings. The van der Waals surface area contributed by atoms with Crippen molar-refractivity contribution in [1.82, 2.24) is 25.1 Å². The normalized spacial score (nSPS) is 11.4. The molecule has 0 atom stereocenters. The Morgan fingerprint density at radius 3 is 2.65 bits per heavy atom. The quantitative estimate of drug-likeness (QED) is 0.249. The molecule has 37 heavy (non-hydrogen) atoms. The lowest BCUT2D eigenvalue weighted by atomic mass is 10.1. The zero-order chi connectivity index (χ0) is 24.6. The SMILES string of the molecule is c1ccc(COc2cncc(-c3cc4c(-c5cc6c(-c7cccs7)cccc6[nH]5)n[nH]c4cn3)c2)cc1. The third-order valence-corrected chi connectivity index (χ3v) is 7.31. The topological polar surface area (TPSA) is 79.5 Å². The van der Waals surface area contributed by atoms with E-state index in [4.69, 9.17) is 4.74 Å². The van der Waals surface area contributed by atoms with Gasteiger partial charge in [-0.25, -0.2) is 0 Å². The average molecular weight is 500 g/mol. The minimum Gasteiger partial charge on any atom is -0.487 e. The maximum absolute atomic E-state index is 5.98. The number of rotatable bonds is 6. The summed E-state index contributed by atoms with van der Waals surface area (Å²) in [6.45, 7) is 0.484. The molecular weight excluding hydrogens is 478 g/mol. The minimum absolute atomic E-state index is 0.484. The van der Waals surface area contributed by atoms with Crippen LogP contribution in [0.2, 0.25) is 0 Å². The molecule has 5 heterocycles. The fourth-order valence-electron chi connectivity index (χ4n) is 4.59. The molecular formula is C30H21N5OS. The first kappa shape index (κ1) is 21.5. The summed E-state index contributed by atoms with van der Waals surface area (Å²) in [5.74, 6) is 0.701. The zero-order valence-corrected chi connectivity index (χ0v) is 20.5. The van der Waals surface area contributed by atoms with E-state index in [1.807, 2.05) is 42.6 Å². The van der Waals surface area contributed by atoms with Crippen LogP contribution in [0.15, 0.2) is 103 Å². The Bertz CT molecular complexity index is 1840. The highest BCUT2D eigenvalue weighted by atomic mass is 32.1. The number of aromatic amines is 2. The van der Waals surface area contributed by atoms with Crippen molar-refractivity contribution in [2.24, 2.45) is 0 Å². The third kappa shape index (κ3) is 4.05. The predicted molar refractivity (Wildman–Crippen MR) is 148 cm³/mol. The molecule has 2 aromatic carbocycles. The average Bonchev–Trinajstić information content (AvgIpc) is 3.71. The Labute approximate surface area is 216 Å². The van der Waals surface area contributed by atoms with E-state index in [0.717, 1.165) is 44.6 Å². The van der Waals surface area contributed by atoms with Crippen molar-refractivity contribution in [2.75, 3.05) is 0 Å². The van der Waals surface area contributed by atoms with Crippen molar-refractivity contribution in [3.05, 3.63) is 108 Å². The molecule has 2 N–H and O–H groups in total. The number of ether oxygens (including phenoxy) is 1. The molecule has 0 bridgehead atoms. The van der Waals surface area contributed by atoms with Crippen LogP contribution in [0.3, 0.4) is 0 Å². The van der Waals surface area contributed by atoms with Gasteiger partial charge in [0.05, 0.1) is 29.3 Å². The predicted octanol–water partition coefficient (Wildman–Crippen LogP) is 7.48. The Morgan fingerprint density at radius 2 is 1.76 bits per heavy atom. The van der Waals surface area contributed by atoms with Crippen LogP contribution in [0, 0.1) is 0 Å². The molecule has 0 unspecified atom stereocenters. The summed E-state index contributed by atoms with van der Waals surface area (Å²) >= 11 is 1.74. The molecule has 178 valence electrons. The summed E-state index contributed by atoms with van der Waals surface area (Å²) in [6, 6.07) is 26.9. The van der Waals surface area contributed by atoms with Crippen LogP contribution >= 0.6 is 11.3 Å². The Balaban J connectivity index is 1.24. The number of thiophene rings is 1. The molecule has 0 fully saturated rings. The van der Waals surface area contributed by atoms with Crippen LogP contribution in [-0.4, -0.2) is 25.1 Å². The van der Waals surface area contributed by atoms with E-state index in [1.165, 1.54) is 15.8 Å². The van der Waals surface area contributed by atoms with Gasteiger partial charge in [0.1, 0.15) is 18.1 Å². The minimum atomic E-state index is 0.484. The van der Waals surface area contributed by atoms with Gasteiger partial charge in [-0.1, -0.05) is 48.5 Å². The number of aromatic nitrogens is 5. The number of H-pyrrole nitrogens is 2. The van der Waals surface area contributed by atoms with Gasteiger partial charge in [0, 0.05) is 38.5 Å². The second kappa shape index (κ2) is 9.04. The summed E-state index contributed by atoms with van der Waals surface area (Å²) in [5.41, 5.74) is 7.79. The molecule has 0 amide bonds. The maximum atomic E-state index is 5.98. The molecule has 0 spiro atoms. The molecule has 5 aromatic heterocycles. The van der Waals surface area contributed by atoms with Gasteiger partial charge in [0.25, 0.3) is 0 Å². The van der Waals surface area contributed by atoms with Gasteiger partial charge in [-0.05, 0) is 41.3 Å². The van der Waals surface area contributed by atoms with E-state index in [-0.39, 0.29) is 0 Å². The highest BCUT2D eigenvalue weighted by Gasteiger charge is 2.15. The molecule has 7 aromatic rings. The van der Waals surface area contributed by atoms with Crippen LogP contribution in [0.5, 0.6) is 5.75 Å². The summed E-state index contributed by atoms with van der Waals surface area (Å²) in [5, 5.41) is 12.0. The van der Waals surface area contributed by atoms with Crippen molar-refractivity contribution in [3.63, 3.8) is 0 Å². The molecule has 0 aliphatic carbocycles. The lowest BCUT2D eigenvalue weighted by Gasteiger charge is -2.08. The summed E-state index contributed by atoms with van der Waals surface area (Å²) in [6.07, 6.45) is 5.35. The third-order valence-electron chi connectivity index (χ3n) is 6.41. The Hall–Kier alpha value is -4.75. The van der Waals surface area contributed by atoms with Gasteiger partial charge >= 0.3 is 0 Å². The smallest absolute Gasteiger partial charge is 0.138 e. The molecule has 7 heteroatoms. The molecule has 0 saturated heterocycles. The van der Waals surface area contributed by atoms with Crippen molar-refractivity contribution < 1.29 is 4.74 Å². The fraction of sp³-hybridized carbons (Fsp3) is 0.0333. The molecule has 0 saturated carbocycles. The van der Waals surface area contributed by atoms with Crippen molar-refractivity contribution in [3.8, 4) is 38.8 Å². The molecule has 7 rings (SSSR count). The van der Waals surface area contributed by atoms with Gasteiger partial charge in [0.15, 0.2) is 0 Å². The highest BCUT2D eigenvalue weighted by molar-refractivity contribution is 7.13. The van der Waals surface area contributed by atoms with Gasteiger partial charge < -0.3 is 9.72 Å². The monoisotopic (exact) mass is 499 g/mol. The fourth-order valence-corrected chi connectivity index (χ4v) is 5.35. The van der Waals surface area contributed by atoms with Crippen LogP contribution in [0.1, 0.15) is 5.56 Å². The van der Waals surface area contributed by atoms with Crippen molar-refractivity contribution in [2.45, 2.75) is 6.61 Å². The Kier molecular flexibility index (Phi) is 5.26. The number of hydrogen-bond donors (Lipinski definition) is 2. The number of nitrogens with one attached hydrogen (secondary N) is 2. The van der Waals surface area contributed by atoms with Crippen LogP contribution in [0.25, 0.3) is 54.9 Å². The van der Waals surface area contributed by atoms with E-state index < -0.39 is 0 Å². The van der Waals surface area contributed by atoms with Crippen LogP contribution in [0.4, 0.5) is 0 Å². The first-order valence-corrected chi connectivity index (χ1v) is 12.8. The highest BCUT2D eigenvalue weighted by Crippen LogP contribution is 2.36. The van der Waals surface area contributed by atoms with Gasteiger partial charge in [-0.3, -0.25) is 15.1 Å². The number of nitrogens with zero attached hydrogens (tertiary/aromatic N) is 3. The largest absolute Gasteiger partial charge is 0.487 e. The van der Waals surface area contributed by atoms with E-state index in [2.05, 4.69) is 73.0 Å². The summed E-state index contributed by atoms with van der Waals surface area (Å²) in [4.78, 5) is 13.9. The second-order valence-corrected chi connectivity index (χ2v) is 9.75. The van der Waals surface area contributed by atoms with Gasteiger partial charge in [-0.15, -0.1) is 11.3 Å². The Morgan fingerprint density at radius 1 is 0.811 bits per heavy atom. The lowest BCUT2D eigenvalue weighted by molar-refractivity contribution is 0.305. The first-order valence-electron chi connectivity index (χ1n) is 11.9. The second-order valence-electron chi connectivity index (χ2n) is 8.80. The van der Waals surface area contributed by atoms with E-state index >= 15 is 0 Å². The van der Waals surface area contributed by atoms with E-state index in [0.29, 0.717) is 12.4 Å². The standard InChI is InChI=1S/C30H21N5OS/c1-2-6-19(7-3-1)18-36-21-12-20(15-31-16-21)26-14-24-28(17-32-26)34-35-30(24)27-13-23-22(29-10-5-11-37-29)8-4-9-25(23)33-27/h1-17,33H,18H2,(H,34,35). The van der Waals surface area contributed by atoms with Crippen LogP contribution in [-0.2, 0) is 6.61 Å². The van der Waals surface area contributed by atoms with Gasteiger partial charge in [0.2, 0.25) is 0 Å². The van der Waals surface area contributed by atoms with E-state index in [1.54, 1.807) is 23.7 Å². The van der Waals surface area contributed by atoms with Crippen LogP contribution < -0.4 is 4.74 Å². The molecule has 0 radical (unpaired) electrons. The maximum Gasteiger partial charge on any atom is 0.138 e. The number of hydrogen-bond acceptors (Lipinski definition) is 5. The van der Waals surface area contributed by atoms with Gasteiger partial charge in [-0.2, -0.15) is 5.10 Å². The zero-order valence-electron chi connectivity index (χ0n) is 19.7. The van der Waals surface area contributed by atoms with Crippen molar-refractivity contribution in [1.29, 1.82) is 0 Å². The molecule has 6 nitrogen and oxygen atoms in total. The first-order chi connectivity index (χ1) is 18.3. The number of benzene rings is 2. The lowest BCUT2D eigenvalue weighted by Crippen LogP contribution is -1.96. The molecule has 0 aliphatic heterocycles. The van der Waals surface area contributed by atoms with E-state index in [9.17, 15) is 0 Å². The number of fused-ring (bicyclic) bond motifs is 2. The summed E-state index contributed by atoms with van der Waals surface area (Å²) in [7, 11) is 0. The number of pyridine rings is 2.